The van der Waals surface area contributed by atoms with Gasteiger partial charge in [-0.05, 0) is 6.07 Å². The fraction of sp³-hybridized carbons (Fsp3) is 0.167. The summed E-state index contributed by atoms with van der Waals surface area (Å²) in [6, 6.07) is 3.57. The second-order valence-electron chi connectivity index (χ2n) is 1.82. The van der Waals surface area contributed by atoms with Crippen LogP contribution < -0.4 is 5.73 Å². The molecular formula is C6H6BrClN2. The lowest BCUT2D eigenvalue weighted by Crippen LogP contribution is -1.91. The standard InChI is InChI=1S/C6H6BrClN2/c7-3-4-1-2-5(9)10-6(4)8/h1-2H,3H2,(H2,9,10). The monoisotopic (exact) mass is 220 g/mol. The highest BCUT2D eigenvalue weighted by molar-refractivity contribution is 9.08. The zero-order chi connectivity index (χ0) is 7.56. The molecule has 10 heavy (non-hydrogen) atoms. The fourth-order valence-electron chi connectivity index (χ4n) is 0.577. The summed E-state index contributed by atoms with van der Waals surface area (Å²) in [5.41, 5.74) is 6.33. The van der Waals surface area contributed by atoms with Crippen molar-refractivity contribution in [1.82, 2.24) is 4.98 Å². The molecule has 0 aliphatic heterocycles. The Balaban J connectivity index is 3.07. The molecule has 2 N–H and O–H groups in total. The van der Waals surface area contributed by atoms with Crippen LogP contribution in [0.15, 0.2) is 12.1 Å². The SMILES string of the molecule is Nc1ccc(CBr)c(Cl)n1. The zero-order valence-electron chi connectivity index (χ0n) is 5.14. The Morgan fingerprint density at radius 3 is 2.80 bits per heavy atom. The molecule has 0 fully saturated rings. The lowest BCUT2D eigenvalue weighted by molar-refractivity contribution is 1.27. The van der Waals surface area contributed by atoms with E-state index >= 15 is 0 Å². The third-order valence-electron chi connectivity index (χ3n) is 1.09. The lowest BCUT2D eigenvalue weighted by Gasteiger charge is -1.98. The van der Waals surface area contributed by atoms with Crippen LogP contribution in [0.4, 0.5) is 5.82 Å². The molecule has 0 spiro atoms. The van der Waals surface area contributed by atoms with Crippen LogP contribution >= 0.6 is 27.5 Å². The van der Waals surface area contributed by atoms with E-state index in [0.717, 1.165) is 5.56 Å². The van der Waals surface area contributed by atoms with Crippen molar-refractivity contribution in [2.75, 3.05) is 5.73 Å². The molecule has 1 heterocycles. The number of pyridine rings is 1. The number of hydrogen-bond donors (Lipinski definition) is 1. The van der Waals surface area contributed by atoms with Crippen LogP contribution in [-0.4, -0.2) is 4.98 Å². The van der Waals surface area contributed by atoms with Gasteiger partial charge in [-0.15, -0.1) is 0 Å². The van der Waals surface area contributed by atoms with Gasteiger partial charge in [0.2, 0.25) is 0 Å². The largest absolute Gasteiger partial charge is 0.384 e. The average Bonchev–Trinajstić information content (AvgIpc) is 1.88. The summed E-state index contributed by atoms with van der Waals surface area (Å²) >= 11 is 8.98. The number of halogens is 2. The Bertz CT molecular complexity index is 239. The molecule has 1 aromatic rings. The Labute approximate surface area is 72.5 Å². The zero-order valence-corrected chi connectivity index (χ0v) is 7.48. The van der Waals surface area contributed by atoms with Crippen molar-refractivity contribution in [3.63, 3.8) is 0 Å². The van der Waals surface area contributed by atoms with Crippen LogP contribution in [0.2, 0.25) is 5.15 Å². The predicted octanol–water partition coefficient (Wildman–Crippen LogP) is 2.21. The molecule has 0 aliphatic rings. The molecule has 0 unspecified atom stereocenters. The molecule has 54 valence electrons. The van der Waals surface area contributed by atoms with E-state index in [1.165, 1.54) is 0 Å². The van der Waals surface area contributed by atoms with Crippen LogP contribution in [0.5, 0.6) is 0 Å². The van der Waals surface area contributed by atoms with Crippen LogP contribution in [0.3, 0.4) is 0 Å². The summed E-state index contributed by atoms with van der Waals surface area (Å²) in [6.07, 6.45) is 0. The second-order valence-corrected chi connectivity index (χ2v) is 2.74. The van der Waals surface area contributed by atoms with E-state index < -0.39 is 0 Å². The molecule has 4 heteroatoms. The van der Waals surface area contributed by atoms with Gasteiger partial charge in [0.15, 0.2) is 0 Å². The van der Waals surface area contributed by atoms with Gasteiger partial charge in [0.05, 0.1) is 0 Å². The normalized spacial score (nSPS) is 9.80. The number of aromatic nitrogens is 1. The minimum Gasteiger partial charge on any atom is -0.384 e. The summed E-state index contributed by atoms with van der Waals surface area (Å²) in [6.45, 7) is 0. The third-order valence-corrected chi connectivity index (χ3v) is 2.02. The van der Waals surface area contributed by atoms with Gasteiger partial charge >= 0.3 is 0 Å². The topological polar surface area (TPSA) is 38.9 Å². The quantitative estimate of drug-likeness (QED) is 0.583. The van der Waals surface area contributed by atoms with E-state index in [4.69, 9.17) is 17.3 Å². The van der Waals surface area contributed by atoms with Gasteiger partial charge < -0.3 is 5.73 Å². The van der Waals surface area contributed by atoms with Crippen molar-refractivity contribution in [1.29, 1.82) is 0 Å². The molecular weight excluding hydrogens is 215 g/mol. The van der Waals surface area contributed by atoms with Crippen molar-refractivity contribution in [2.24, 2.45) is 0 Å². The number of nitrogen functional groups attached to an aromatic ring is 1. The number of nitrogens with zero attached hydrogens (tertiary/aromatic N) is 1. The Kier molecular flexibility index (Phi) is 2.51. The number of alkyl halides is 1. The predicted molar refractivity (Wildman–Crippen MR) is 46.3 cm³/mol. The molecule has 0 atom stereocenters. The maximum Gasteiger partial charge on any atom is 0.135 e. The summed E-state index contributed by atoms with van der Waals surface area (Å²) in [5.74, 6) is 0.453. The molecule has 2 nitrogen and oxygen atoms in total. The van der Waals surface area contributed by atoms with E-state index in [1.807, 2.05) is 6.07 Å². The molecule has 1 aromatic heterocycles. The van der Waals surface area contributed by atoms with E-state index in [9.17, 15) is 0 Å². The molecule has 0 saturated heterocycles. The lowest BCUT2D eigenvalue weighted by atomic mass is 10.3. The van der Waals surface area contributed by atoms with E-state index in [0.29, 0.717) is 16.3 Å². The maximum absolute atomic E-state index is 5.71. The van der Waals surface area contributed by atoms with Crippen LogP contribution in [0.1, 0.15) is 5.56 Å². The number of rotatable bonds is 1. The first-order valence-electron chi connectivity index (χ1n) is 2.71. The number of nitrogens with two attached hydrogens (primary N) is 1. The van der Waals surface area contributed by atoms with Crippen molar-refractivity contribution >= 4 is 33.3 Å². The highest BCUT2D eigenvalue weighted by Crippen LogP contribution is 2.16. The highest BCUT2D eigenvalue weighted by Gasteiger charge is 1.98. The van der Waals surface area contributed by atoms with Crippen molar-refractivity contribution in [2.45, 2.75) is 5.33 Å². The smallest absolute Gasteiger partial charge is 0.135 e. The molecule has 0 aromatic carbocycles. The summed E-state index contributed by atoms with van der Waals surface area (Å²) in [7, 11) is 0. The van der Waals surface area contributed by atoms with Gasteiger partial charge in [0.25, 0.3) is 0 Å². The van der Waals surface area contributed by atoms with Gasteiger partial charge in [-0.25, -0.2) is 4.98 Å². The van der Waals surface area contributed by atoms with Crippen LogP contribution in [0, 0.1) is 0 Å². The first-order chi connectivity index (χ1) is 4.74. The maximum atomic E-state index is 5.71. The molecule has 0 radical (unpaired) electrons. The van der Waals surface area contributed by atoms with Gasteiger partial charge in [-0.2, -0.15) is 0 Å². The molecule has 0 aliphatic carbocycles. The highest BCUT2D eigenvalue weighted by atomic mass is 79.9. The molecule has 0 saturated carbocycles. The number of hydrogen-bond acceptors (Lipinski definition) is 2. The Morgan fingerprint density at radius 2 is 2.30 bits per heavy atom. The summed E-state index contributed by atoms with van der Waals surface area (Å²) < 4.78 is 0. The van der Waals surface area contributed by atoms with Crippen molar-refractivity contribution in [3.05, 3.63) is 22.8 Å². The fourth-order valence-corrected chi connectivity index (χ4v) is 1.42. The summed E-state index contributed by atoms with van der Waals surface area (Å²) in [5, 5.41) is 1.18. The summed E-state index contributed by atoms with van der Waals surface area (Å²) in [4.78, 5) is 3.86. The average molecular weight is 221 g/mol. The van der Waals surface area contributed by atoms with Gasteiger partial charge in [-0.1, -0.05) is 33.6 Å². The molecule has 1 rings (SSSR count). The van der Waals surface area contributed by atoms with E-state index in [1.54, 1.807) is 6.07 Å². The molecule has 0 amide bonds. The Hall–Kier alpha value is -0.280. The van der Waals surface area contributed by atoms with Gasteiger partial charge in [0, 0.05) is 10.9 Å². The van der Waals surface area contributed by atoms with E-state index in [-0.39, 0.29) is 0 Å². The van der Waals surface area contributed by atoms with Crippen molar-refractivity contribution < 1.29 is 0 Å². The minimum atomic E-state index is 0.453. The van der Waals surface area contributed by atoms with Crippen LogP contribution in [0.25, 0.3) is 0 Å². The van der Waals surface area contributed by atoms with Gasteiger partial charge in [0.1, 0.15) is 11.0 Å². The van der Waals surface area contributed by atoms with Crippen molar-refractivity contribution in [3.8, 4) is 0 Å². The molecule has 0 bridgehead atoms. The Morgan fingerprint density at radius 1 is 1.60 bits per heavy atom. The van der Waals surface area contributed by atoms with E-state index in [2.05, 4.69) is 20.9 Å². The van der Waals surface area contributed by atoms with Gasteiger partial charge in [-0.3, -0.25) is 0 Å². The first kappa shape index (κ1) is 7.82. The second kappa shape index (κ2) is 3.21. The minimum absolute atomic E-state index is 0.453. The first-order valence-corrected chi connectivity index (χ1v) is 4.21. The number of anilines is 1. The van der Waals surface area contributed by atoms with Crippen LogP contribution in [-0.2, 0) is 5.33 Å². The third kappa shape index (κ3) is 1.61.